The van der Waals surface area contributed by atoms with Crippen molar-refractivity contribution in [1.29, 1.82) is 5.26 Å². The molecule has 0 aromatic carbocycles. The number of hydrogen-bond donors (Lipinski definition) is 1. The molecule has 0 spiro atoms. The number of aromatic nitrogens is 4. The maximum atomic E-state index is 9.28. The number of rotatable bonds is 2. The molecule has 1 N–H and O–H groups in total. The molecule has 0 aliphatic carbocycles. The number of pyridine rings is 1. The summed E-state index contributed by atoms with van der Waals surface area (Å²) in [6.45, 7) is 1.89. The lowest BCUT2D eigenvalue weighted by Crippen LogP contribution is -2.40. The van der Waals surface area contributed by atoms with Crippen LogP contribution in [0.1, 0.15) is 17.0 Å². The molecule has 1 aliphatic heterocycles. The van der Waals surface area contributed by atoms with Crippen molar-refractivity contribution in [2.24, 2.45) is 7.05 Å². The second kappa shape index (κ2) is 4.43. The molecule has 6 heteroatoms. The van der Waals surface area contributed by atoms with Crippen LogP contribution in [-0.4, -0.2) is 32.5 Å². The van der Waals surface area contributed by atoms with Gasteiger partial charge in [-0.1, -0.05) is 0 Å². The average molecular weight is 278 g/mol. The van der Waals surface area contributed by atoms with Crippen molar-refractivity contribution in [2.45, 2.75) is 5.92 Å². The van der Waals surface area contributed by atoms with Crippen molar-refractivity contribution in [2.75, 3.05) is 13.1 Å². The molecule has 1 aliphatic rings. The first-order valence-corrected chi connectivity index (χ1v) is 6.87. The number of nitriles is 1. The molecular weight excluding hydrogens is 264 g/mol. The fourth-order valence-electron chi connectivity index (χ4n) is 2.78. The van der Waals surface area contributed by atoms with Gasteiger partial charge in [-0.15, -0.1) is 0 Å². The monoisotopic (exact) mass is 278 g/mol. The molecule has 1 fully saturated rings. The summed E-state index contributed by atoms with van der Waals surface area (Å²) in [5, 5.41) is 21.1. The van der Waals surface area contributed by atoms with Crippen LogP contribution < -0.4 is 5.32 Å². The highest BCUT2D eigenvalue weighted by molar-refractivity contribution is 5.72. The van der Waals surface area contributed by atoms with E-state index in [0.717, 1.165) is 29.7 Å². The number of fused-ring (bicyclic) bond motifs is 1. The average Bonchev–Trinajstić information content (AvgIpc) is 3.02. The highest BCUT2D eigenvalue weighted by Crippen LogP contribution is 2.31. The van der Waals surface area contributed by atoms with E-state index in [-0.39, 0.29) is 0 Å². The largest absolute Gasteiger partial charge is 0.315 e. The van der Waals surface area contributed by atoms with Crippen molar-refractivity contribution in [3.8, 4) is 17.2 Å². The second-order valence-corrected chi connectivity index (χ2v) is 5.41. The summed E-state index contributed by atoms with van der Waals surface area (Å²) in [5.74, 6) is 0.438. The van der Waals surface area contributed by atoms with Gasteiger partial charge in [-0.2, -0.15) is 15.5 Å². The zero-order valence-electron chi connectivity index (χ0n) is 11.6. The summed E-state index contributed by atoms with van der Waals surface area (Å²) in [5.41, 5.74) is 4.88. The highest BCUT2D eigenvalue weighted by atomic mass is 15.2. The molecule has 3 aromatic heterocycles. The van der Waals surface area contributed by atoms with Gasteiger partial charge < -0.3 is 5.32 Å². The van der Waals surface area contributed by atoms with Crippen molar-refractivity contribution >= 4 is 5.52 Å². The molecule has 0 unspecified atom stereocenters. The molecule has 0 amide bonds. The summed E-state index contributed by atoms with van der Waals surface area (Å²) in [4.78, 5) is 0. The SMILES string of the molecule is Cn1cc(-c2cc(C3CNC3)c3c(C#N)cnn3c2)cn1. The van der Waals surface area contributed by atoms with Crippen LogP contribution in [0.4, 0.5) is 0 Å². The molecule has 0 radical (unpaired) electrons. The van der Waals surface area contributed by atoms with Gasteiger partial charge in [0, 0.05) is 49.6 Å². The first kappa shape index (κ1) is 12.1. The van der Waals surface area contributed by atoms with Crippen molar-refractivity contribution < 1.29 is 0 Å². The van der Waals surface area contributed by atoms with Crippen LogP contribution in [0.15, 0.2) is 30.9 Å². The first-order valence-electron chi connectivity index (χ1n) is 6.87. The minimum absolute atomic E-state index is 0.438. The Balaban J connectivity index is 1.96. The quantitative estimate of drug-likeness (QED) is 0.767. The van der Waals surface area contributed by atoms with Crippen LogP contribution in [0, 0.1) is 11.3 Å². The first-order chi connectivity index (χ1) is 10.3. The van der Waals surface area contributed by atoms with Gasteiger partial charge in [0.05, 0.1) is 23.5 Å². The zero-order chi connectivity index (χ0) is 14.4. The Labute approximate surface area is 121 Å². The Bertz CT molecular complexity index is 862. The van der Waals surface area contributed by atoms with Crippen LogP contribution in [0.2, 0.25) is 0 Å². The number of nitrogens with zero attached hydrogens (tertiary/aromatic N) is 5. The van der Waals surface area contributed by atoms with Crippen LogP contribution in [0.25, 0.3) is 16.6 Å². The third kappa shape index (κ3) is 1.82. The van der Waals surface area contributed by atoms with Gasteiger partial charge in [-0.3, -0.25) is 4.68 Å². The van der Waals surface area contributed by atoms with Gasteiger partial charge in [-0.25, -0.2) is 4.52 Å². The van der Waals surface area contributed by atoms with E-state index in [1.807, 2.05) is 30.2 Å². The standard InChI is InChI=1S/C15H14N6/c1-20-8-13(7-18-20)10-2-14(12-4-17-5-12)15-11(3-16)6-19-21(15)9-10/h2,6-9,12,17H,4-5H2,1H3. The summed E-state index contributed by atoms with van der Waals surface area (Å²) in [6.07, 6.45) is 7.43. The van der Waals surface area contributed by atoms with E-state index in [4.69, 9.17) is 0 Å². The Morgan fingerprint density at radius 2 is 2.10 bits per heavy atom. The molecule has 4 rings (SSSR count). The lowest BCUT2D eigenvalue weighted by atomic mass is 9.91. The normalized spacial score (nSPS) is 15.0. The van der Waals surface area contributed by atoms with Gasteiger partial charge in [0.2, 0.25) is 0 Å². The highest BCUT2D eigenvalue weighted by Gasteiger charge is 2.24. The van der Waals surface area contributed by atoms with E-state index in [0.29, 0.717) is 11.5 Å². The molecule has 4 heterocycles. The molecule has 3 aromatic rings. The number of aryl methyl sites for hydroxylation is 1. The molecule has 0 atom stereocenters. The molecule has 6 nitrogen and oxygen atoms in total. The van der Waals surface area contributed by atoms with E-state index in [1.165, 1.54) is 5.56 Å². The zero-order valence-corrected chi connectivity index (χ0v) is 11.6. The van der Waals surface area contributed by atoms with Gasteiger partial charge in [-0.05, 0) is 11.6 Å². The maximum Gasteiger partial charge on any atom is 0.103 e. The summed E-state index contributed by atoms with van der Waals surface area (Å²) >= 11 is 0. The molecule has 104 valence electrons. The van der Waals surface area contributed by atoms with Gasteiger partial charge in [0.15, 0.2) is 0 Å². The predicted octanol–water partition coefficient (Wildman–Crippen LogP) is 1.29. The van der Waals surface area contributed by atoms with E-state index in [9.17, 15) is 5.26 Å². The second-order valence-electron chi connectivity index (χ2n) is 5.41. The topological polar surface area (TPSA) is 70.9 Å². The fraction of sp³-hybridized carbons (Fsp3) is 0.267. The number of nitrogens with one attached hydrogen (secondary N) is 1. The minimum atomic E-state index is 0.438. The van der Waals surface area contributed by atoms with E-state index in [1.54, 1.807) is 10.9 Å². The van der Waals surface area contributed by atoms with Gasteiger partial charge in [0.25, 0.3) is 0 Å². The van der Waals surface area contributed by atoms with Crippen molar-refractivity contribution in [3.63, 3.8) is 0 Å². The molecular formula is C15H14N6. The Morgan fingerprint density at radius 3 is 2.71 bits per heavy atom. The van der Waals surface area contributed by atoms with Crippen LogP contribution in [0.3, 0.4) is 0 Å². The van der Waals surface area contributed by atoms with E-state index >= 15 is 0 Å². The third-order valence-corrected chi connectivity index (χ3v) is 4.02. The van der Waals surface area contributed by atoms with E-state index < -0.39 is 0 Å². The predicted molar refractivity (Wildman–Crippen MR) is 77.7 cm³/mol. The third-order valence-electron chi connectivity index (χ3n) is 4.02. The summed E-state index contributed by atoms with van der Waals surface area (Å²) in [6, 6.07) is 4.40. The van der Waals surface area contributed by atoms with Crippen LogP contribution in [0.5, 0.6) is 0 Å². The Hall–Kier alpha value is -2.65. The fourth-order valence-corrected chi connectivity index (χ4v) is 2.78. The smallest absolute Gasteiger partial charge is 0.103 e. The van der Waals surface area contributed by atoms with Gasteiger partial charge in [0.1, 0.15) is 6.07 Å². The van der Waals surface area contributed by atoms with Gasteiger partial charge >= 0.3 is 0 Å². The van der Waals surface area contributed by atoms with Crippen LogP contribution >= 0.6 is 0 Å². The number of hydrogen-bond acceptors (Lipinski definition) is 4. The lowest BCUT2D eigenvalue weighted by molar-refractivity contribution is 0.450. The molecule has 0 saturated carbocycles. The Kier molecular flexibility index (Phi) is 2.56. The minimum Gasteiger partial charge on any atom is -0.315 e. The van der Waals surface area contributed by atoms with Crippen molar-refractivity contribution in [1.82, 2.24) is 24.7 Å². The molecule has 21 heavy (non-hydrogen) atoms. The summed E-state index contributed by atoms with van der Waals surface area (Å²) < 4.78 is 3.60. The Morgan fingerprint density at radius 1 is 1.24 bits per heavy atom. The summed E-state index contributed by atoms with van der Waals surface area (Å²) in [7, 11) is 1.90. The lowest BCUT2D eigenvalue weighted by Gasteiger charge is -2.28. The molecule has 0 bridgehead atoms. The van der Waals surface area contributed by atoms with Crippen LogP contribution in [-0.2, 0) is 7.05 Å². The van der Waals surface area contributed by atoms with Crippen molar-refractivity contribution in [3.05, 3.63) is 42.0 Å². The van der Waals surface area contributed by atoms with E-state index in [2.05, 4.69) is 27.6 Å². The maximum absolute atomic E-state index is 9.28. The molecule has 1 saturated heterocycles.